The second-order valence-corrected chi connectivity index (χ2v) is 10.3. The number of carbonyl (C=O) groups is 3. The molecule has 2 atom stereocenters. The van der Waals surface area contributed by atoms with Crippen LogP contribution in [0.4, 0.5) is 13.2 Å². The van der Waals surface area contributed by atoms with Gasteiger partial charge in [0.15, 0.2) is 0 Å². The van der Waals surface area contributed by atoms with Gasteiger partial charge >= 0.3 is 13.3 Å². The molecule has 234 valence electrons. The van der Waals surface area contributed by atoms with Crippen molar-refractivity contribution in [1.82, 2.24) is 15.5 Å². The molecule has 0 spiro atoms. The molecule has 2 aromatic rings. The molecule has 0 radical (unpaired) electrons. The summed E-state index contributed by atoms with van der Waals surface area (Å²) in [5.74, 6) is -1.43. The van der Waals surface area contributed by atoms with E-state index in [-0.39, 0.29) is 57.8 Å². The Hall–Kier alpha value is -3.50. The molecule has 1 aliphatic heterocycles. The molecule has 0 saturated carbocycles. The van der Waals surface area contributed by atoms with Gasteiger partial charge in [-0.15, -0.1) is 0 Å². The zero-order chi connectivity index (χ0) is 31.6. The van der Waals surface area contributed by atoms with Gasteiger partial charge in [-0.2, -0.15) is 13.2 Å². The fourth-order valence-electron chi connectivity index (χ4n) is 4.65. The van der Waals surface area contributed by atoms with Gasteiger partial charge in [0.2, 0.25) is 17.7 Å². The van der Waals surface area contributed by atoms with Crippen LogP contribution in [0.15, 0.2) is 42.5 Å². The van der Waals surface area contributed by atoms with Crippen LogP contribution in [0.25, 0.3) is 0 Å². The molecular formula is C28H38BF3N6O5. The van der Waals surface area contributed by atoms with Crippen molar-refractivity contribution in [3.63, 3.8) is 0 Å². The molecule has 9 N–H and O–H groups in total. The highest BCUT2D eigenvalue weighted by molar-refractivity contribution is 6.61. The molecule has 0 bridgehead atoms. The number of rotatable bonds is 15. The van der Waals surface area contributed by atoms with E-state index in [2.05, 4.69) is 10.6 Å². The Balaban J connectivity index is 1.65. The molecule has 0 aromatic heterocycles. The second-order valence-electron chi connectivity index (χ2n) is 10.3. The van der Waals surface area contributed by atoms with Gasteiger partial charge in [-0.3, -0.25) is 14.4 Å². The van der Waals surface area contributed by atoms with Crippen molar-refractivity contribution in [2.24, 2.45) is 17.2 Å². The highest BCUT2D eigenvalue weighted by Crippen LogP contribution is 2.29. The summed E-state index contributed by atoms with van der Waals surface area (Å²) in [6.45, 7) is 1.52. The number of halogens is 3. The van der Waals surface area contributed by atoms with Crippen molar-refractivity contribution in [3.05, 3.63) is 64.7 Å². The fraction of sp³-hybridized carbons (Fsp3) is 0.464. The van der Waals surface area contributed by atoms with Gasteiger partial charge in [0.05, 0.1) is 18.2 Å². The summed E-state index contributed by atoms with van der Waals surface area (Å²) in [4.78, 5) is 40.2. The number of carbonyl (C=O) groups excluding carboxylic acids is 3. The predicted octanol–water partition coefficient (Wildman–Crippen LogP) is -0.490. The summed E-state index contributed by atoms with van der Waals surface area (Å²) in [7, 11) is -1.05. The van der Waals surface area contributed by atoms with Crippen LogP contribution in [0, 0.1) is 0 Å². The smallest absolute Gasteiger partial charge is 0.423 e. The van der Waals surface area contributed by atoms with Crippen molar-refractivity contribution in [2.75, 3.05) is 26.2 Å². The maximum absolute atomic E-state index is 13.2. The zero-order valence-electron chi connectivity index (χ0n) is 23.7. The largest absolute Gasteiger partial charge is 0.491 e. The van der Waals surface area contributed by atoms with E-state index < -0.39 is 42.8 Å². The molecule has 2 aromatic carbocycles. The van der Waals surface area contributed by atoms with Gasteiger partial charge < -0.3 is 42.4 Å². The highest BCUT2D eigenvalue weighted by Gasteiger charge is 2.30. The van der Waals surface area contributed by atoms with Gasteiger partial charge in [-0.1, -0.05) is 30.3 Å². The number of hydrogen-bond acceptors (Lipinski definition) is 8. The molecule has 0 fully saturated rings. The predicted molar refractivity (Wildman–Crippen MR) is 154 cm³/mol. The Labute approximate surface area is 248 Å². The maximum atomic E-state index is 13.2. The minimum absolute atomic E-state index is 0.0169. The van der Waals surface area contributed by atoms with E-state index >= 15 is 0 Å². The van der Waals surface area contributed by atoms with E-state index in [1.807, 2.05) is 0 Å². The van der Waals surface area contributed by atoms with E-state index in [4.69, 9.17) is 21.9 Å². The molecule has 0 aliphatic carbocycles. The molecule has 2 unspecified atom stereocenters. The minimum Gasteiger partial charge on any atom is -0.423 e. The van der Waals surface area contributed by atoms with Gasteiger partial charge in [-0.05, 0) is 53.5 Å². The van der Waals surface area contributed by atoms with Crippen LogP contribution in [0.3, 0.4) is 0 Å². The first-order valence-corrected chi connectivity index (χ1v) is 14.0. The molecule has 1 aliphatic rings. The van der Waals surface area contributed by atoms with Crippen LogP contribution in [0.1, 0.15) is 41.5 Å². The molecule has 15 heteroatoms. The van der Waals surface area contributed by atoms with E-state index in [0.29, 0.717) is 29.7 Å². The van der Waals surface area contributed by atoms with Gasteiger partial charge in [0.1, 0.15) is 6.04 Å². The lowest BCUT2D eigenvalue weighted by Gasteiger charge is -2.23. The van der Waals surface area contributed by atoms with Crippen LogP contribution in [-0.2, 0) is 44.8 Å². The normalized spacial score (nSPS) is 14.2. The average Bonchev–Trinajstić information content (AvgIpc) is 3.35. The Morgan fingerprint density at radius 3 is 2.28 bits per heavy atom. The van der Waals surface area contributed by atoms with Crippen LogP contribution >= 0.6 is 0 Å². The Kier molecular flexibility index (Phi) is 12.5. The van der Waals surface area contributed by atoms with E-state index in [9.17, 15) is 32.6 Å². The fourth-order valence-corrected chi connectivity index (χ4v) is 4.65. The number of alkyl halides is 3. The first-order chi connectivity index (χ1) is 20.4. The van der Waals surface area contributed by atoms with Crippen molar-refractivity contribution >= 4 is 30.3 Å². The third kappa shape index (κ3) is 10.0. The number of fused-ring (bicyclic) bond motifs is 1. The quantitative estimate of drug-likeness (QED) is 0.147. The lowest BCUT2D eigenvalue weighted by Crippen LogP contribution is -2.52. The van der Waals surface area contributed by atoms with Crippen molar-refractivity contribution in [2.45, 2.75) is 57.1 Å². The molecule has 3 amide bonds. The third-order valence-corrected chi connectivity index (χ3v) is 7.13. The Morgan fingerprint density at radius 2 is 1.65 bits per heavy atom. The number of aryl methyl sites for hydroxylation is 1. The van der Waals surface area contributed by atoms with E-state index in [1.165, 1.54) is 17.0 Å². The molecule has 11 nitrogen and oxygen atoms in total. The molecule has 1 heterocycles. The summed E-state index contributed by atoms with van der Waals surface area (Å²) < 4.78 is 44.0. The van der Waals surface area contributed by atoms with Gasteiger partial charge in [0.25, 0.3) is 0 Å². The number of nitrogens with one attached hydrogen (secondary N) is 2. The Bertz CT molecular complexity index is 1240. The van der Waals surface area contributed by atoms with Crippen LogP contribution in [-0.4, -0.2) is 73.0 Å². The summed E-state index contributed by atoms with van der Waals surface area (Å²) >= 11 is 0. The lowest BCUT2D eigenvalue weighted by atomic mass is 9.79. The number of hydrogen-bond donors (Lipinski definition) is 6. The third-order valence-electron chi connectivity index (χ3n) is 7.13. The van der Waals surface area contributed by atoms with Crippen molar-refractivity contribution in [1.29, 1.82) is 0 Å². The van der Waals surface area contributed by atoms with Gasteiger partial charge in [-0.25, -0.2) is 0 Å². The number of amides is 3. The lowest BCUT2D eigenvalue weighted by molar-refractivity contribution is -0.137. The van der Waals surface area contributed by atoms with Crippen LogP contribution < -0.4 is 33.3 Å². The van der Waals surface area contributed by atoms with Crippen LogP contribution in [0.2, 0.25) is 0 Å². The monoisotopic (exact) mass is 606 g/mol. The molecule has 0 saturated heterocycles. The van der Waals surface area contributed by atoms with Crippen LogP contribution in [0.5, 0.6) is 0 Å². The van der Waals surface area contributed by atoms with E-state index in [1.54, 1.807) is 18.2 Å². The summed E-state index contributed by atoms with van der Waals surface area (Å²) in [6, 6.07) is 7.69. The second kappa shape index (κ2) is 15.8. The van der Waals surface area contributed by atoms with Crippen molar-refractivity contribution in [3.8, 4) is 0 Å². The standard InChI is InChI=1S/C28H38BF3N6O5/c30-28(31,32)21-6-2-18(3-7-21)4-9-24(27(41)36-16-19-1-5-20-17-43-29(42)22(20)15-19)37-26(40)23(35)8-10-25(39)38(13-11-33)14-12-34/h1-3,5-7,15,23-24,42H,4,8-14,16-17,33-35H2,(H,36,41)(H,37,40). The summed E-state index contributed by atoms with van der Waals surface area (Å²) in [6.07, 6.45) is -4.21. The summed E-state index contributed by atoms with van der Waals surface area (Å²) in [5, 5.41) is 15.3. The average molecular weight is 606 g/mol. The summed E-state index contributed by atoms with van der Waals surface area (Å²) in [5.41, 5.74) is 19.0. The van der Waals surface area contributed by atoms with Crippen molar-refractivity contribution < 1.29 is 37.2 Å². The Morgan fingerprint density at radius 1 is 1.00 bits per heavy atom. The maximum Gasteiger partial charge on any atom is 0.491 e. The zero-order valence-corrected chi connectivity index (χ0v) is 23.7. The first-order valence-electron chi connectivity index (χ1n) is 14.0. The number of nitrogens with two attached hydrogens (primary N) is 3. The highest BCUT2D eigenvalue weighted by atomic mass is 19.4. The van der Waals surface area contributed by atoms with E-state index in [0.717, 1.165) is 17.7 Å². The molecule has 43 heavy (non-hydrogen) atoms. The molecular weight excluding hydrogens is 568 g/mol. The number of nitrogens with zero attached hydrogens (tertiary/aromatic N) is 1. The molecule has 3 rings (SSSR count). The SMILES string of the molecule is NCCN(CCN)C(=O)CCC(N)C(=O)NC(CCc1ccc(C(F)(F)F)cc1)C(=O)NCc1ccc2c(c1)B(O)OC2. The van der Waals surface area contributed by atoms with Gasteiger partial charge in [0, 0.05) is 39.1 Å². The topological polar surface area (TPSA) is 186 Å². The number of benzene rings is 2. The first kappa shape index (κ1) is 34.0. The minimum atomic E-state index is -4.47.